The SMILES string of the molecule is C#CC(=O)N(c1nn(-c2ccccc2)c2ccccc12)C1(C(N)=O)CCCC1. The Morgan fingerprint density at radius 2 is 1.71 bits per heavy atom. The van der Waals surface area contributed by atoms with Crippen molar-refractivity contribution in [1.82, 2.24) is 9.78 Å². The fraction of sp³-hybridized carbons (Fsp3) is 0.227. The van der Waals surface area contributed by atoms with Crippen molar-refractivity contribution in [1.29, 1.82) is 0 Å². The van der Waals surface area contributed by atoms with E-state index in [9.17, 15) is 9.59 Å². The van der Waals surface area contributed by atoms with Crippen molar-refractivity contribution in [2.75, 3.05) is 4.90 Å². The minimum atomic E-state index is -1.15. The summed E-state index contributed by atoms with van der Waals surface area (Å²) >= 11 is 0. The fourth-order valence-corrected chi connectivity index (χ4v) is 4.08. The van der Waals surface area contributed by atoms with Crippen molar-refractivity contribution in [3.8, 4) is 18.0 Å². The largest absolute Gasteiger partial charge is 0.368 e. The van der Waals surface area contributed by atoms with Gasteiger partial charge in [-0.2, -0.15) is 0 Å². The minimum Gasteiger partial charge on any atom is -0.368 e. The highest BCUT2D eigenvalue weighted by atomic mass is 16.2. The maximum Gasteiger partial charge on any atom is 0.304 e. The molecular weight excluding hydrogens is 352 g/mol. The Labute approximate surface area is 162 Å². The average Bonchev–Trinajstić information content (AvgIpc) is 3.36. The number of anilines is 1. The Hall–Kier alpha value is -3.59. The van der Waals surface area contributed by atoms with Crippen LogP contribution in [0.15, 0.2) is 54.6 Å². The molecule has 0 aliphatic heterocycles. The third-order valence-electron chi connectivity index (χ3n) is 5.42. The predicted octanol–water partition coefficient (Wildman–Crippen LogP) is 2.79. The van der Waals surface area contributed by atoms with Crippen LogP contribution < -0.4 is 10.6 Å². The van der Waals surface area contributed by atoms with E-state index in [1.807, 2.05) is 54.6 Å². The van der Waals surface area contributed by atoms with Crippen LogP contribution >= 0.6 is 0 Å². The standard InChI is InChI=1S/C22H20N4O2/c1-2-19(27)25(22(21(23)28)14-8-9-15-22)20-17-12-6-7-13-18(17)26(24-20)16-10-4-3-5-11-16/h1,3-7,10-13H,8-9,14-15H2,(H2,23,28). The number of primary amides is 1. The molecule has 1 aliphatic carbocycles. The quantitative estimate of drug-likeness (QED) is 0.715. The third-order valence-corrected chi connectivity index (χ3v) is 5.42. The van der Waals surface area contributed by atoms with Crippen LogP contribution in [-0.4, -0.2) is 27.1 Å². The van der Waals surface area contributed by atoms with Crippen molar-refractivity contribution in [2.24, 2.45) is 5.73 Å². The maximum atomic E-state index is 12.8. The summed E-state index contributed by atoms with van der Waals surface area (Å²) in [4.78, 5) is 26.7. The summed E-state index contributed by atoms with van der Waals surface area (Å²) in [5.41, 5.74) is 6.30. The molecule has 3 aromatic rings. The monoisotopic (exact) mass is 372 g/mol. The van der Waals surface area contributed by atoms with Gasteiger partial charge in [-0.3, -0.25) is 14.5 Å². The first kappa shape index (κ1) is 17.8. The molecule has 0 spiro atoms. The van der Waals surface area contributed by atoms with E-state index in [2.05, 4.69) is 5.92 Å². The molecule has 2 amide bonds. The van der Waals surface area contributed by atoms with Gasteiger partial charge >= 0.3 is 5.91 Å². The number of para-hydroxylation sites is 2. The van der Waals surface area contributed by atoms with Gasteiger partial charge in [0.05, 0.1) is 11.2 Å². The summed E-state index contributed by atoms with van der Waals surface area (Å²) in [6.07, 6.45) is 8.02. The van der Waals surface area contributed by atoms with Crippen LogP contribution in [0.25, 0.3) is 16.6 Å². The van der Waals surface area contributed by atoms with Gasteiger partial charge in [-0.15, -0.1) is 11.5 Å². The Morgan fingerprint density at radius 3 is 2.36 bits per heavy atom. The van der Waals surface area contributed by atoms with Gasteiger partial charge in [0.25, 0.3) is 0 Å². The topological polar surface area (TPSA) is 81.2 Å². The molecular formula is C22H20N4O2. The van der Waals surface area contributed by atoms with Gasteiger partial charge in [-0.25, -0.2) is 4.68 Å². The van der Waals surface area contributed by atoms with Crippen LogP contribution in [0.4, 0.5) is 5.82 Å². The molecule has 28 heavy (non-hydrogen) atoms. The Morgan fingerprint density at radius 1 is 1.07 bits per heavy atom. The third kappa shape index (κ3) is 2.64. The van der Waals surface area contributed by atoms with Crippen LogP contribution in [-0.2, 0) is 9.59 Å². The van der Waals surface area contributed by atoms with Crippen LogP contribution in [0.2, 0.25) is 0 Å². The smallest absolute Gasteiger partial charge is 0.304 e. The summed E-state index contributed by atoms with van der Waals surface area (Å²) in [7, 11) is 0. The first-order chi connectivity index (χ1) is 13.6. The molecule has 0 saturated heterocycles. The molecule has 1 aliphatic rings. The van der Waals surface area contributed by atoms with Crippen molar-refractivity contribution < 1.29 is 9.59 Å². The number of aromatic nitrogens is 2. The van der Waals surface area contributed by atoms with Crippen molar-refractivity contribution in [3.63, 3.8) is 0 Å². The number of rotatable bonds is 4. The second kappa shape index (κ2) is 6.86. The van der Waals surface area contributed by atoms with Crippen molar-refractivity contribution >= 4 is 28.5 Å². The van der Waals surface area contributed by atoms with E-state index in [1.165, 1.54) is 4.90 Å². The summed E-state index contributed by atoms with van der Waals surface area (Å²) in [6, 6.07) is 17.2. The molecule has 6 nitrogen and oxygen atoms in total. The summed E-state index contributed by atoms with van der Waals surface area (Å²) in [5, 5.41) is 5.46. The molecule has 1 heterocycles. The summed E-state index contributed by atoms with van der Waals surface area (Å²) in [5.74, 6) is 1.37. The van der Waals surface area contributed by atoms with Crippen molar-refractivity contribution in [3.05, 3.63) is 54.6 Å². The number of hydrogen-bond donors (Lipinski definition) is 1. The lowest BCUT2D eigenvalue weighted by molar-refractivity contribution is -0.126. The molecule has 0 radical (unpaired) electrons. The predicted molar refractivity (Wildman–Crippen MR) is 108 cm³/mol. The van der Waals surface area contributed by atoms with Gasteiger partial charge in [0.2, 0.25) is 5.91 Å². The molecule has 1 aromatic heterocycles. The zero-order valence-corrected chi connectivity index (χ0v) is 15.3. The summed E-state index contributed by atoms with van der Waals surface area (Å²) < 4.78 is 1.76. The molecule has 140 valence electrons. The number of nitrogens with two attached hydrogens (primary N) is 1. The molecule has 0 atom stereocenters. The Kier molecular flexibility index (Phi) is 4.36. The van der Waals surface area contributed by atoms with Gasteiger partial charge in [-0.1, -0.05) is 43.2 Å². The van der Waals surface area contributed by atoms with E-state index in [4.69, 9.17) is 17.3 Å². The molecule has 1 fully saturated rings. The van der Waals surface area contributed by atoms with Gasteiger partial charge in [0.1, 0.15) is 5.54 Å². The lowest BCUT2D eigenvalue weighted by Gasteiger charge is -2.36. The molecule has 2 N–H and O–H groups in total. The zero-order chi connectivity index (χ0) is 19.7. The summed E-state index contributed by atoms with van der Waals surface area (Å²) in [6.45, 7) is 0. The number of carbonyl (C=O) groups excluding carboxylic acids is 2. The van der Waals surface area contributed by atoms with E-state index >= 15 is 0 Å². The van der Waals surface area contributed by atoms with E-state index in [0.29, 0.717) is 18.7 Å². The maximum absolute atomic E-state index is 12.8. The lowest BCUT2D eigenvalue weighted by atomic mass is 9.93. The molecule has 6 heteroatoms. The van der Waals surface area contributed by atoms with Gasteiger partial charge < -0.3 is 5.73 Å². The molecule has 0 bridgehead atoms. The minimum absolute atomic E-state index is 0.364. The van der Waals surface area contributed by atoms with Crippen LogP contribution in [0.1, 0.15) is 25.7 Å². The number of carbonyl (C=O) groups is 2. The van der Waals surface area contributed by atoms with Crippen molar-refractivity contribution in [2.45, 2.75) is 31.2 Å². The lowest BCUT2D eigenvalue weighted by Crippen LogP contribution is -2.58. The molecule has 0 unspecified atom stereocenters. The molecule has 4 rings (SSSR count). The van der Waals surface area contributed by atoms with Gasteiger partial charge in [0.15, 0.2) is 5.82 Å². The fourth-order valence-electron chi connectivity index (χ4n) is 4.08. The highest BCUT2D eigenvalue weighted by Gasteiger charge is 2.49. The highest BCUT2D eigenvalue weighted by Crippen LogP contribution is 2.40. The Bertz CT molecular complexity index is 1090. The number of amides is 2. The van der Waals surface area contributed by atoms with E-state index < -0.39 is 17.4 Å². The van der Waals surface area contributed by atoms with E-state index in [-0.39, 0.29) is 0 Å². The Balaban J connectivity index is 1.99. The number of fused-ring (bicyclic) bond motifs is 1. The number of benzene rings is 2. The first-order valence-electron chi connectivity index (χ1n) is 9.22. The average molecular weight is 372 g/mol. The molecule has 2 aromatic carbocycles. The zero-order valence-electron chi connectivity index (χ0n) is 15.3. The first-order valence-corrected chi connectivity index (χ1v) is 9.22. The molecule has 1 saturated carbocycles. The second-order valence-corrected chi connectivity index (χ2v) is 6.98. The van der Waals surface area contributed by atoms with E-state index in [1.54, 1.807) is 4.68 Å². The van der Waals surface area contributed by atoms with Gasteiger partial charge in [-0.05, 0) is 43.0 Å². The number of nitrogens with zero attached hydrogens (tertiary/aromatic N) is 3. The van der Waals surface area contributed by atoms with Crippen LogP contribution in [0.3, 0.4) is 0 Å². The van der Waals surface area contributed by atoms with Crippen LogP contribution in [0.5, 0.6) is 0 Å². The normalized spacial score (nSPS) is 15.2. The number of terminal acetylenes is 1. The second-order valence-electron chi connectivity index (χ2n) is 6.98. The van der Waals surface area contributed by atoms with E-state index in [0.717, 1.165) is 29.4 Å². The highest BCUT2D eigenvalue weighted by molar-refractivity contribution is 6.14. The van der Waals surface area contributed by atoms with Gasteiger partial charge in [0, 0.05) is 5.39 Å². The number of hydrogen-bond acceptors (Lipinski definition) is 3. The van der Waals surface area contributed by atoms with Crippen LogP contribution in [0, 0.1) is 12.3 Å².